The van der Waals surface area contributed by atoms with Crippen molar-refractivity contribution >= 4 is 55.0 Å². The standard InChI is InChI=1S/C53H69F2IN8O9S3/c1-62(2)27-23-42(59-50-40(34-57)31-46(32-47(50)55)76(71,72)61-52(66)53(73-5)25-7-6-8-26-53)18-15-36-11-9-12-37(29-36)38-13-10-14-39(30-38)51(65)60-75(69,70)45-21-22-49(48(33-45)56-64(67)68)58-43(24-28-63(3)4)35-74-44-19-16-41(54)17-20-44/h9,11-12,16-17,19-22,29,31-33,38-39,42-43,58-59H,6-8,10,13-15,18,23-28,30,35H2,1-5H3,(H,60,65)(H,61,66)(H,67,68)/t38?,39?,42-,43+/m0/s1. The summed E-state index contributed by atoms with van der Waals surface area (Å²) in [6, 6.07) is 21.6. The van der Waals surface area contributed by atoms with Crippen molar-refractivity contribution < 1.29 is 69.8 Å². The Morgan fingerprint density at radius 2 is 1.54 bits per heavy atom. The topological polar surface area (TPSA) is 230 Å². The van der Waals surface area contributed by atoms with Crippen LogP contribution in [-0.2, 0) is 40.8 Å². The maximum absolute atomic E-state index is 16.0. The first-order valence-electron chi connectivity index (χ1n) is 25.3. The van der Waals surface area contributed by atoms with Crippen LogP contribution in [0, 0.1) is 37.4 Å². The van der Waals surface area contributed by atoms with E-state index in [1.54, 1.807) is 18.2 Å². The number of benzene rings is 4. The smallest absolute Gasteiger partial charge is 0.101 e. The predicted octanol–water partition coefficient (Wildman–Crippen LogP) is 5.00. The van der Waals surface area contributed by atoms with Crippen molar-refractivity contribution in [3.05, 3.63) is 116 Å². The van der Waals surface area contributed by atoms with Gasteiger partial charge in [0.2, 0.25) is 0 Å². The quantitative estimate of drug-likeness (QED) is 0.0241. The number of hydrogen-bond acceptors (Lipinski definition) is 14. The van der Waals surface area contributed by atoms with E-state index in [-0.39, 0.29) is 43.1 Å². The zero-order valence-electron chi connectivity index (χ0n) is 43.5. The Hall–Kier alpha value is -4.97. The van der Waals surface area contributed by atoms with E-state index in [2.05, 4.69) is 26.1 Å². The molecule has 4 aromatic rings. The van der Waals surface area contributed by atoms with Gasteiger partial charge in [0.15, 0.2) is 0 Å². The van der Waals surface area contributed by atoms with Crippen LogP contribution in [0.5, 0.6) is 0 Å². The Bertz CT molecular complexity index is 2940. The summed E-state index contributed by atoms with van der Waals surface area (Å²) in [5, 5.41) is 26.6. The van der Waals surface area contributed by atoms with E-state index in [1.165, 1.54) is 43.1 Å². The average molecular weight is 1220 g/mol. The number of rotatable bonds is 26. The van der Waals surface area contributed by atoms with Gasteiger partial charge in [-0.15, -0.1) is 0 Å². The van der Waals surface area contributed by atoms with Crippen molar-refractivity contribution in [2.75, 3.05) is 64.8 Å². The molecule has 0 bridgehead atoms. The summed E-state index contributed by atoms with van der Waals surface area (Å²) in [7, 11) is 0.0865. The maximum Gasteiger partial charge on any atom is 0.101 e. The molecule has 2 fully saturated rings. The normalized spacial score (nSPS) is 17.6. The first-order valence-corrected chi connectivity index (χ1v) is 31.3. The Morgan fingerprint density at radius 3 is 2.20 bits per heavy atom. The molecule has 76 heavy (non-hydrogen) atoms. The van der Waals surface area contributed by atoms with E-state index in [0.29, 0.717) is 98.7 Å². The van der Waals surface area contributed by atoms with Crippen LogP contribution in [0.15, 0.2) is 93.5 Å². The fourth-order valence-corrected chi connectivity index (χ4v) is 14.5. The van der Waals surface area contributed by atoms with Gasteiger partial charge in [-0.05, 0) is 64.9 Å². The number of carbonyl (C=O) groups excluding carboxylic acids is 2. The van der Waals surface area contributed by atoms with Crippen LogP contribution in [0.4, 0.5) is 20.2 Å². The summed E-state index contributed by atoms with van der Waals surface area (Å²) in [5.41, 5.74) is 0.738. The number of amides is 2. The molecule has 23 heteroatoms. The van der Waals surface area contributed by atoms with E-state index in [4.69, 9.17) is 4.74 Å². The molecule has 0 aliphatic heterocycles. The molecule has 0 aromatic heterocycles. The fraction of sp³-hybridized carbons (Fsp3) is 0.491. The molecule has 2 amide bonds. The molecule has 17 nitrogen and oxygen atoms in total. The molecule has 4 atom stereocenters. The number of nitriles is 1. The van der Waals surface area contributed by atoms with Gasteiger partial charge in [-0.1, -0.05) is 25.3 Å². The molecular weight excluding hydrogens is 1150 g/mol. The van der Waals surface area contributed by atoms with Crippen LogP contribution >= 0.6 is 11.8 Å². The second-order valence-electron chi connectivity index (χ2n) is 20.0. The largest absolute Gasteiger partial charge is 0.309 e. The average Bonchev–Trinajstić information content (AvgIpc) is 3.38. The maximum atomic E-state index is 16.0. The van der Waals surface area contributed by atoms with Crippen molar-refractivity contribution in [2.24, 2.45) is 5.92 Å². The first kappa shape index (κ1) is 60.3. The molecule has 0 radical (unpaired) electrons. The molecule has 0 spiro atoms. The third kappa shape index (κ3) is 17.0. The molecule has 2 saturated carbocycles. The van der Waals surface area contributed by atoms with Crippen molar-refractivity contribution in [1.29, 1.82) is 5.26 Å². The SMILES string of the molecule is COC1(C(=O)NS(=O)(=O)c2cc(F)c(N[C@@H](CCc3cccc(C4CCCC(C(=O)NS(=O)(=O)c5ccc(N[C@H](CCN(C)C)CSc6ccc(F)cc6)c([I-][N+](=O)O)c5)C4)c3)CCN(C)C)c(C#N)c2)CCCCC1. The Morgan fingerprint density at radius 1 is 0.855 bits per heavy atom. The number of halogens is 3. The van der Waals surface area contributed by atoms with Gasteiger partial charge in [0.05, 0.1) is 16.1 Å². The van der Waals surface area contributed by atoms with Crippen LogP contribution in [0.25, 0.3) is 0 Å². The Balaban J connectivity index is 1.11. The van der Waals surface area contributed by atoms with E-state index in [0.717, 1.165) is 41.0 Å². The van der Waals surface area contributed by atoms with Gasteiger partial charge in [0, 0.05) is 13.2 Å². The second kappa shape index (κ2) is 27.6. The van der Waals surface area contributed by atoms with Crippen LogP contribution in [0.1, 0.15) is 99.7 Å². The van der Waals surface area contributed by atoms with Crippen molar-refractivity contribution in [1.82, 2.24) is 19.2 Å². The number of carbonyl (C=O) groups is 2. The summed E-state index contributed by atoms with van der Waals surface area (Å²) in [4.78, 5) is 43.1. The van der Waals surface area contributed by atoms with Crippen LogP contribution in [0.3, 0.4) is 0 Å². The van der Waals surface area contributed by atoms with Crippen molar-refractivity contribution in [3.8, 4) is 6.07 Å². The van der Waals surface area contributed by atoms with E-state index in [9.17, 15) is 46.2 Å². The molecule has 2 unspecified atom stereocenters. The molecule has 2 aliphatic carbocycles. The Labute approximate surface area is 460 Å². The van der Waals surface area contributed by atoms with Crippen LogP contribution in [-0.4, -0.2) is 119 Å². The van der Waals surface area contributed by atoms with Crippen molar-refractivity contribution in [2.45, 2.75) is 122 Å². The summed E-state index contributed by atoms with van der Waals surface area (Å²) >= 11 is -0.252. The summed E-state index contributed by atoms with van der Waals surface area (Å²) in [6.45, 7) is 1.33. The first-order chi connectivity index (χ1) is 36.1. The van der Waals surface area contributed by atoms with Gasteiger partial charge in [-0.25, -0.2) is 17.5 Å². The van der Waals surface area contributed by atoms with Gasteiger partial charge in [-0.3, -0.25) is 4.79 Å². The number of ether oxygens (including phenoxy) is 1. The number of aryl methyl sites for hydroxylation is 1. The van der Waals surface area contributed by atoms with Gasteiger partial charge >= 0.3 is 268 Å². The number of anilines is 2. The number of methoxy groups -OCH3 is 1. The molecule has 4 aromatic carbocycles. The number of hydrogen-bond donors (Lipinski definition) is 5. The molecular formula is C53H69F2IN8O9S3. The number of nitrogens with one attached hydrogen (secondary N) is 4. The Kier molecular flexibility index (Phi) is 21.9. The van der Waals surface area contributed by atoms with Crippen molar-refractivity contribution in [3.63, 3.8) is 0 Å². The van der Waals surface area contributed by atoms with Crippen LogP contribution < -0.4 is 41.6 Å². The molecule has 6 rings (SSSR count). The predicted molar refractivity (Wildman–Crippen MR) is 283 cm³/mol. The van der Waals surface area contributed by atoms with Gasteiger partial charge < -0.3 is 15.0 Å². The summed E-state index contributed by atoms with van der Waals surface area (Å²) < 4.78 is 94.1. The van der Waals surface area contributed by atoms with E-state index >= 15 is 4.39 Å². The van der Waals surface area contributed by atoms with Crippen LogP contribution in [0.2, 0.25) is 0 Å². The van der Waals surface area contributed by atoms with Gasteiger partial charge in [0.25, 0.3) is 15.9 Å². The zero-order chi connectivity index (χ0) is 55.2. The molecule has 0 heterocycles. The minimum Gasteiger partial charge on any atom is -0.309 e. The fourth-order valence-electron chi connectivity index (χ4n) is 9.63. The number of nitrogens with zero attached hydrogens (tertiary/aromatic N) is 4. The zero-order valence-corrected chi connectivity index (χ0v) is 48.1. The van der Waals surface area contributed by atoms with E-state index in [1.807, 2.05) is 62.3 Å². The number of thioether (sulfide) groups is 1. The summed E-state index contributed by atoms with van der Waals surface area (Å²) in [6.07, 6.45) is 7.57. The van der Waals surface area contributed by atoms with Gasteiger partial charge in [0.1, 0.15) is 17.5 Å². The molecule has 5 N–H and O–H groups in total. The minimum atomic E-state index is -4.57. The molecule has 2 aliphatic rings. The molecule has 414 valence electrons. The monoisotopic (exact) mass is 1220 g/mol. The minimum absolute atomic E-state index is 0.0552. The van der Waals surface area contributed by atoms with Gasteiger partial charge in [-0.2, -0.15) is 5.26 Å². The number of sulfonamides is 2. The third-order valence-electron chi connectivity index (χ3n) is 13.9. The second-order valence-corrected chi connectivity index (χ2v) is 27.0. The molecule has 0 saturated heterocycles. The van der Waals surface area contributed by atoms with E-state index < -0.39 is 75.6 Å². The third-order valence-corrected chi connectivity index (χ3v) is 19.6. The summed E-state index contributed by atoms with van der Waals surface area (Å²) in [5.74, 6) is -2.87.